The van der Waals surface area contributed by atoms with E-state index in [4.69, 9.17) is 9.47 Å². The maximum Gasteiger partial charge on any atom is 0.306 e. The summed E-state index contributed by atoms with van der Waals surface area (Å²) in [6, 6.07) is 0. The van der Waals surface area contributed by atoms with E-state index in [2.05, 4.69) is 98.9 Å². The Balaban J connectivity index is 3.57. The number of hydrogen-bond acceptors (Lipinski definition) is 5. The maximum absolute atomic E-state index is 12.2. The zero-order valence-corrected chi connectivity index (χ0v) is 34.2. The first kappa shape index (κ1) is 50.1. The highest BCUT2D eigenvalue weighted by atomic mass is 16.6. The second-order valence-corrected chi connectivity index (χ2v) is 14.0. The minimum atomic E-state index is -0.775. The van der Waals surface area contributed by atoms with Gasteiger partial charge >= 0.3 is 11.9 Å². The van der Waals surface area contributed by atoms with Gasteiger partial charge in [-0.2, -0.15) is 0 Å². The minimum absolute atomic E-state index is 0.0707. The Morgan fingerprint density at radius 1 is 0.453 bits per heavy atom. The van der Waals surface area contributed by atoms with Gasteiger partial charge in [0, 0.05) is 12.8 Å². The molecule has 0 aliphatic carbocycles. The van der Waals surface area contributed by atoms with Crippen LogP contribution in [0.5, 0.6) is 0 Å². The van der Waals surface area contributed by atoms with Crippen LogP contribution in [0.15, 0.2) is 85.1 Å². The standard InChI is InChI=1S/C48H80O5/c1-3-5-7-9-11-13-14-15-16-17-18-19-20-21-22-23-24-25-26-27-28-29-30-31-32-33-34-35-37-39-41-43-48(51)53-46(44-49)45-52-47(50)42-40-38-36-12-10-8-6-4-2/h5,7,11,13,15-16,18-19,21-22,24-25,27-28,46,49H,3-4,6,8-10,12,14,17,20,23,26,29-45H2,1-2H3/b7-5-,13-11-,16-15-,19-18-,22-21-,25-24-,28-27-. The second kappa shape index (κ2) is 43.5. The SMILES string of the molecule is CC/C=C\C/C=C\C/C=C\C/C=C\C/C=C\C/C=C\C/C=C\CCCCCCCCCCCC(=O)OC(CO)COC(=O)CCCCCCCCCC. The lowest BCUT2D eigenvalue weighted by Crippen LogP contribution is -2.28. The van der Waals surface area contributed by atoms with Crippen LogP contribution in [0.3, 0.4) is 0 Å². The number of esters is 2. The molecule has 0 radical (unpaired) electrons. The van der Waals surface area contributed by atoms with Crippen LogP contribution in [0.25, 0.3) is 0 Å². The van der Waals surface area contributed by atoms with Crippen LogP contribution in [0, 0.1) is 0 Å². The Labute approximate surface area is 326 Å². The Hall–Kier alpha value is -2.92. The summed E-state index contributed by atoms with van der Waals surface area (Å²) in [6.45, 7) is 3.97. The van der Waals surface area contributed by atoms with Gasteiger partial charge in [-0.1, -0.05) is 189 Å². The van der Waals surface area contributed by atoms with Crippen LogP contribution >= 0.6 is 0 Å². The fraction of sp³-hybridized carbons (Fsp3) is 0.667. The smallest absolute Gasteiger partial charge is 0.306 e. The van der Waals surface area contributed by atoms with E-state index >= 15 is 0 Å². The third-order valence-corrected chi connectivity index (χ3v) is 8.95. The first-order valence-corrected chi connectivity index (χ1v) is 21.6. The lowest BCUT2D eigenvalue weighted by atomic mass is 10.1. The van der Waals surface area contributed by atoms with Crippen molar-refractivity contribution in [3.8, 4) is 0 Å². The largest absolute Gasteiger partial charge is 0.462 e. The summed E-state index contributed by atoms with van der Waals surface area (Å²) in [7, 11) is 0. The van der Waals surface area contributed by atoms with Crippen molar-refractivity contribution in [3.63, 3.8) is 0 Å². The average molecular weight is 737 g/mol. The quantitative estimate of drug-likeness (QED) is 0.0388. The summed E-state index contributed by atoms with van der Waals surface area (Å²) < 4.78 is 10.6. The summed E-state index contributed by atoms with van der Waals surface area (Å²) >= 11 is 0. The zero-order chi connectivity index (χ0) is 38.6. The molecule has 0 aliphatic rings. The van der Waals surface area contributed by atoms with Gasteiger partial charge in [0.25, 0.3) is 0 Å². The Morgan fingerprint density at radius 2 is 0.811 bits per heavy atom. The molecular formula is C48H80O5. The van der Waals surface area contributed by atoms with E-state index in [1.165, 1.54) is 70.6 Å². The molecule has 5 heteroatoms. The first-order valence-electron chi connectivity index (χ1n) is 21.6. The topological polar surface area (TPSA) is 72.8 Å². The summed E-state index contributed by atoms with van der Waals surface area (Å²) in [6.07, 6.45) is 59.6. The van der Waals surface area contributed by atoms with Gasteiger partial charge in [-0.3, -0.25) is 9.59 Å². The minimum Gasteiger partial charge on any atom is -0.462 e. The van der Waals surface area contributed by atoms with E-state index < -0.39 is 6.10 Å². The third-order valence-electron chi connectivity index (χ3n) is 8.95. The summed E-state index contributed by atoms with van der Waals surface area (Å²) in [4.78, 5) is 24.2. The molecule has 5 nitrogen and oxygen atoms in total. The van der Waals surface area contributed by atoms with Gasteiger partial charge in [0.05, 0.1) is 6.61 Å². The van der Waals surface area contributed by atoms with Crippen molar-refractivity contribution in [1.29, 1.82) is 0 Å². The Kier molecular flexibility index (Phi) is 41.1. The van der Waals surface area contributed by atoms with Crippen molar-refractivity contribution in [2.24, 2.45) is 0 Å². The third kappa shape index (κ3) is 41.7. The lowest BCUT2D eigenvalue weighted by molar-refractivity contribution is -0.161. The number of aliphatic hydroxyl groups is 1. The van der Waals surface area contributed by atoms with Crippen molar-refractivity contribution in [2.45, 2.75) is 193 Å². The van der Waals surface area contributed by atoms with Gasteiger partial charge in [0.1, 0.15) is 6.61 Å². The van der Waals surface area contributed by atoms with Crippen LogP contribution in [-0.2, 0) is 19.1 Å². The number of allylic oxidation sites excluding steroid dienone is 14. The number of ether oxygens (including phenoxy) is 2. The summed E-state index contributed by atoms with van der Waals surface area (Å²) in [5.41, 5.74) is 0. The van der Waals surface area contributed by atoms with Crippen LogP contribution in [0.1, 0.15) is 187 Å². The molecule has 0 bridgehead atoms. The number of rotatable bonds is 38. The molecule has 0 saturated carbocycles. The molecule has 1 unspecified atom stereocenters. The monoisotopic (exact) mass is 737 g/mol. The summed E-state index contributed by atoms with van der Waals surface area (Å²) in [5.74, 6) is -0.607. The van der Waals surface area contributed by atoms with E-state index in [-0.39, 0.29) is 25.2 Å². The Morgan fingerprint density at radius 3 is 1.23 bits per heavy atom. The highest BCUT2D eigenvalue weighted by molar-refractivity contribution is 5.70. The molecule has 1 atom stereocenters. The van der Waals surface area contributed by atoms with Gasteiger partial charge in [-0.05, 0) is 70.6 Å². The number of hydrogen-bond donors (Lipinski definition) is 1. The predicted molar refractivity (Wildman–Crippen MR) is 228 cm³/mol. The van der Waals surface area contributed by atoms with Gasteiger partial charge < -0.3 is 14.6 Å². The van der Waals surface area contributed by atoms with Gasteiger partial charge in [-0.25, -0.2) is 0 Å². The normalized spacial score (nSPS) is 13.0. The van der Waals surface area contributed by atoms with Gasteiger partial charge in [0.15, 0.2) is 6.10 Å². The first-order chi connectivity index (χ1) is 26.1. The fourth-order valence-electron chi connectivity index (χ4n) is 5.71. The summed E-state index contributed by atoms with van der Waals surface area (Å²) in [5, 5.41) is 9.53. The van der Waals surface area contributed by atoms with Crippen LogP contribution in [0.4, 0.5) is 0 Å². The van der Waals surface area contributed by atoms with Crippen molar-refractivity contribution < 1.29 is 24.2 Å². The molecule has 1 N–H and O–H groups in total. The molecule has 0 amide bonds. The zero-order valence-electron chi connectivity index (χ0n) is 34.2. The van der Waals surface area contributed by atoms with E-state index in [1.807, 2.05) is 0 Å². The molecule has 53 heavy (non-hydrogen) atoms. The number of carbonyl (C=O) groups excluding carboxylic acids is 2. The maximum atomic E-state index is 12.2. The molecule has 302 valence electrons. The van der Waals surface area contributed by atoms with E-state index in [0.29, 0.717) is 12.8 Å². The number of unbranched alkanes of at least 4 members (excludes halogenated alkanes) is 16. The lowest BCUT2D eigenvalue weighted by Gasteiger charge is -2.15. The molecule has 0 aromatic carbocycles. The molecule has 0 aliphatic heterocycles. The van der Waals surface area contributed by atoms with E-state index in [1.54, 1.807) is 0 Å². The number of aliphatic hydroxyl groups excluding tert-OH is 1. The second-order valence-electron chi connectivity index (χ2n) is 14.0. The van der Waals surface area contributed by atoms with Crippen molar-refractivity contribution in [1.82, 2.24) is 0 Å². The molecule has 0 rings (SSSR count). The van der Waals surface area contributed by atoms with Crippen LogP contribution in [-0.4, -0.2) is 36.4 Å². The average Bonchev–Trinajstić information content (AvgIpc) is 3.16. The van der Waals surface area contributed by atoms with Crippen LogP contribution < -0.4 is 0 Å². The van der Waals surface area contributed by atoms with Crippen molar-refractivity contribution in [3.05, 3.63) is 85.1 Å². The molecular weight excluding hydrogens is 657 g/mol. The van der Waals surface area contributed by atoms with Crippen molar-refractivity contribution in [2.75, 3.05) is 13.2 Å². The predicted octanol–water partition coefficient (Wildman–Crippen LogP) is 13.9. The number of carbonyl (C=O) groups is 2. The highest BCUT2D eigenvalue weighted by Crippen LogP contribution is 2.13. The van der Waals surface area contributed by atoms with Gasteiger partial charge in [-0.15, -0.1) is 0 Å². The molecule has 0 fully saturated rings. The van der Waals surface area contributed by atoms with Gasteiger partial charge in [0.2, 0.25) is 0 Å². The van der Waals surface area contributed by atoms with Crippen molar-refractivity contribution >= 4 is 11.9 Å². The molecule has 0 aromatic rings. The Bertz CT molecular complexity index is 1010. The highest BCUT2D eigenvalue weighted by Gasteiger charge is 2.16. The molecule has 0 aromatic heterocycles. The fourth-order valence-corrected chi connectivity index (χ4v) is 5.71. The molecule has 0 heterocycles. The molecule has 0 spiro atoms. The van der Waals surface area contributed by atoms with Crippen LogP contribution in [0.2, 0.25) is 0 Å². The van der Waals surface area contributed by atoms with E-state index in [0.717, 1.165) is 89.9 Å². The van der Waals surface area contributed by atoms with E-state index in [9.17, 15) is 14.7 Å². The molecule has 0 saturated heterocycles.